The lowest BCUT2D eigenvalue weighted by molar-refractivity contribution is 0.0735. The van der Waals surface area contributed by atoms with E-state index in [-0.39, 0.29) is 5.91 Å². The average Bonchev–Trinajstić information content (AvgIpc) is 2.53. The van der Waals surface area contributed by atoms with Gasteiger partial charge in [-0.1, -0.05) is 6.07 Å². The van der Waals surface area contributed by atoms with E-state index in [1.54, 1.807) is 24.3 Å². The third-order valence-corrected chi connectivity index (χ3v) is 3.79. The second-order valence-corrected chi connectivity index (χ2v) is 5.19. The summed E-state index contributed by atoms with van der Waals surface area (Å²) in [5.74, 6) is -0.00688. The molecule has 104 valence electrons. The number of nitrogen functional groups attached to an aromatic ring is 1. The Morgan fingerprint density at radius 3 is 2.62 bits per heavy atom. The van der Waals surface area contributed by atoms with Crippen LogP contribution in [0, 0.1) is 11.3 Å². The van der Waals surface area contributed by atoms with E-state index in [9.17, 15) is 4.79 Å². The highest BCUT2D eigenvalue weighted by Crippen LogP contribution is 2.22. The van der Waals surface area contributed by atoms with Gasteiger partial charge in [-0.25, -0.2) is 0 Å². The molecule has 3 rings (SSSR count). The maximum absolute atomic E-state index is 12.5. The Labute approximate surface area is 123 Å². The van der Waals surface area contributed by atoms with Crippen molar-refractivity contribution in [2.45, 2.75) is 13.0 Å². The number of carbonyl (C=O) groups excluding carboxylic acids is 1. The van der Waals surface area contributed by atoms with Crippen LogP contribution in [0.2, 0.25) is 0 Å². The van der Waals surface area contributed by atoms with E-state index in [1.807, 2.05) is 23.1 Å². The Balaban J connectivity index is 1.81. The van der Waals surface area contributed by atoms with Crippen LogP contribution in [-0.2, 0) is 13.0 Å². The molecule has 0 saturated heterocycles. The van der Waals surface area contributed by atoms with Gasteiger partial charge in [0, 0.05) is 24.3 Å². The summed E-state index contributed by atoms with van der Waals surface area (Å²) in [6, 6.07) is 14.7. The molecule has 0 unspecified atom stereocenters. The van der Waals surface area contributed by atoms with Crippen molar-refractivity contribution in [2.24, 2.45) is 0 Å². The molecular weight excluding hydrogens is 262 g/mol. The van der Waals surface area contributed by atoms with E-state index in [2.05, 4.69) is 6.07 Å². The van der Waals surface area contributed by atoms with Crippen molar-refractivity contribution in [1.29, 1.82) is 5.26 Å². The Morgan fingerprint density at radius 2 is 1.90 bits per heavy atom. The number of nitriles is 1. The average molecular weight is 277 g/mol. The number of nitrogens with zero attached hydrogens (tertiary/aromatic N) is 2. The van der Waals surface area contributed by atoms with Crippen molar-refractivity contribution in [3.63, 3.8) is 0 Å². The smallest absolute Gasteiger partial charge is 0.254 e. The second-order valence-electron chi connectivity index (χ2n) is 5.19. The van der Waals surface area contributed by atoms with Gasteiger partial charge in [-0.2, -0.15) is 5.26 Å². The molecule has 2 N–H and O–H groups in total. The zero-order chi connectivity index (χ0) is 14.8. The zero-order valence-corrected chi connectivity index (χ0v) is 11.5. The first-order valence-electron chi connectivity index (χ1n) is 6.84. The summed E-state index contributed by atoms with van der Waals surface area (Å²) in [6.45, 7) is 1.29. The number of amides is 1. The summed E-state index contributed by atoms with van der Waals surface area (Å²) in [5.41, 5.74) is 10.1. The molecule has 1 aliphatic rings. The van der Waals surface area contributed by atoms with Crippen LogP contribution in [0.25, 0.3) is 0 Å². The van der Waals surface area contributed by atoms with Gasteiger partial charge < -0.3 is 10.6 Å². The molecule has 0 atom stereocenters. The molecule has 0 saturated carbocycles. The maximum atomic E-state index is 12.5. The molecule has 0 radical (unpaired) electrons. The third-order valence-electron chi connectivity index (χ3n) is 3.79. The standard InChI is InChI=1S/C17H15N3O/c18-10-12-1-3-14(4-2-12)17(21)20-8-7-13-5-6-16(19)9-15(13)11-20/h1-6,9H,7-8,11,19H2. The first-order chi connectivity index (χ1) is 10.2. The predicted octanol–water partition coefficient (Wildman–Crippen LogP) is 2.34. The van der Waals surface area contributed by atoms with Crippen LogP contribution >= 0.6 is 0 Å². The highest BCUT2D eigenvalue weighted by Gasteiger charge is 2.21. The Kier molecular flexibility index (Phi) is 3.33. The van der Waals surface area contributed by atoms with Crippen molar-refractivity contribution < 1.29 is 4.79 Å². The van der Waals surface area contributed by atoms with E-state index in [4.69, 9.17) is 11.0 Å². The van der Waals surface area contributed by atoms with E-state index < -0.39 is 0 Å². The fourth-order valence-corrected chi connectivity index (χ4v) is 2.62. The number of nitrogens with two attached hydrogens (primary N) is 1. The quantitative estimate of drug-likeness (QED) is 0.813. The number of hydrogen-bond donors (Lipinski definition) is 1. The van der Waals surface area contributed by atoms with Gasteiger partial charge in [0.1, 0.15) is 0 Å². The number of carbonyl (C=O) groups is 1. The molecule has 1 amide bonds. The molecule has 1 aliphatic heterocycles. The fraction of sp³-hybridized carbons (Fsp3) is 0.176. The molecule has 0 aliphatic carbocycles. The lowest BCUT2D eigenvalue weighted by Crippen LogP contribution is -2.36. The molecule has 2 aromatic carbocycles. The first kappa shape index (κ1) is 13.2. The monoisotopic (exact) mass is 277 g/mol. The summed E-state index contributed by atoms with van der Waals surface area (Å²) >= 11 is 0. The third kappa shape index (κ3) is 2.59. The van der Waals surface area contributed by atoms with E-state index in [1.165, 1.54) is 5.56 Å². The summed E-state index contributed by atoms with van der Waals surface area (Å²) in [5, 5.41) is 8.79. The van der Waals surface area contributed by atoms with Gasteiger partial charge in [0.15, 0.2) is 0 Å². The minimum Gasteiger partial charge on any atom is -0.399 e. The predicted molar refractivity (Wildman–Crippen MR) is 80.5 cm³/mol. The molecule has 1 heterocycles. The number of anilines is 1. The van der Waals surface area contributed by atoms with Crippen molar-refractivity contribution in [3.05, 3.63) is 64.7 Å². The van der Waals surface area contributed by atoms with Crippen LogP contribution in [0.5, 0.6) is 0 Å². The van der Waals surface area contributed by atoms with Gasteiger partial charge in [-0.05, 0) is 53.9 Å². The molecule has 0 spiro atoms. The maximum Gasteiger partial charge on any atom is 0.254 e. The van der Waals surface area contributed by atoms with Gasteiger partial charge in [-0.3, -0.25) is 4.79 Å². The summed E-state index contributed by atoms with van der Waals surface area (Å²) in [6.07, 6.45) is 0.845. The van der Waals surface area contributed by atoms with E-state index in [0.29, 0.717) is 24.2 Å². The summed E-state index contributed by atoms with van der Waals surface area (Å²) < 4.78 is 0. The van der Waals surface area contributed by atoms with Crippen molar-refractivity contribution >= 4 is 11.6 Å². The highest BCUT2D eigenvalue weighted by molar-refractivity contribution is 5.94. The van der Waals surface area contributed by atoms with Crippen molar-refractivity contribution in [1.82, 2.24) is 4.90 Å². The van der Waals surface area contributed by atoms with Crippen LogP contribution < -0.4 is 5.73 Å². The topological polar surface area (TPSA) is 70.1 Å². The number of rotatable bonds is 1. The number of fused-ring (bicyclic) bond motifs is 1. The molecule has 2 aromatic rings. The largest absolute Gasteiger partial charge is 0.399 e. The summed E-state index contributed by atoms with van der Waals surface area (Å²) in [4.78, 5) is 14.3. The van der Waals surface area contributed by atoms with Crippen LogP contribution in [0.4, 0.5) is 5.69 Å². The van der Waals surface area contributed by atoms with Gasteiger partial charge >= 0.3 is 0 Å². The van der Waals surface area contributed by atoms with Crippen molar-refractivity contribution in [3.8, 4) is 6.07 Å². The Bertz CT molecular complexity index is 729. The van der Waals surface area contributed by atoms with E-state index in [0.717, 1.165) is 17.7 Å². The second kappa shape index (κ2) is 5.29. The highest BCUT2D eigenvalue weighted by atomic mass is 16.2. The molecular formula is C17H15N3O. The Morgan fingerprint density at radius 1 is 1.14 bits per heavy atom. The minimum atomic E-state index is -0.00688. The van der Waals surface area contributed by atoms with Crippen LogP contribution in [-0.4, -0.2) is 17.4 Å². The van der Waals surface area contributed by atoms with Crippen LogP contribution in [0.15, 0.2) is 42.5 Å². The molecule has 4 heteroatoms. The van der Waals surface area contributed by atoms with Crippen LogP contribution in [0.1, 0.15) is 27.0 Å². The SMILES string of the molecule is N#Cc1ccc(C(=O)N2CCc3ccc(N)cc3C2)cc1. The molecule has 0 fully saturated rings. The summed E-state index contributed by atoms with van der Waals surface area (Å²) in [7, 11) is 0. The zero-order valence-electron chi connectivity index (χ0n) is 11.5. The number of hydrogen-bond acceptors (Lipinski definition) is 3. The van der Waals surface area contributed by atoms with Gasteiger partial charge in [0.25, 0.3) is 5.91 Å². The van der Waals surface area contributed by atoms with Gasteiger partial charge in [0.2, 0.25) is 0 Å². The fourth-order valence-electron chi connectivity index (χ4n) is 2.62. The normalized spacial score (nSPS) is 13.4. The minimum absolute atomic E-state index is 0.00688. The van der Waals surface area contributed by atoms with E-state index >= 15 is 0 Å². The lowest BCUT2D eigenvalue weighted by Gasteiger charge is -2.29. The Hall–Kier alpha value is -2.80. The first-order valence-corrected chi connectivity index (χ1v) is 6.84. The van der Waals surface area contributed by atoms with Gasteiger partial charge in [-0.15, -0.1) is 0 Å². The molecule has 21 heavy (non-hydrogen) atoms. The lowest BCUT2D eigenvalue weighted by atomic mass is 9.98. The molecule has 4 nitrogen and oxygen atoms in total. The number of benzene rings is 2. The van der Waals surface area contributed by atoms with Crippen LogP contribution in [0.3, 0.4) is 0 Å². The van der Waals surface area contributed by atoms with Crippen molar-refractivity contribution in [2.75, 3.05) is 12.3 Å². The molecule has 0 aromatic heterocycles. The van der Waals surface area contributed by atoms with Gasteiger partial charge in [0.05, 0.1) is 11.6 Å². The molecule has 0 bridgehead atoms.